The second-order valence-corrected chi connectivity index (χ2v) is 7.87. The Balaban J connectivity index is 1.84. The van der Waals surface area contributed by atoms with Crippen LogP contribution in [0, 0.1) is 0 Å². The fraction of sp³-hybridized carbons (Fsp3) is 0.455. The van der Waals surface area contributed by atoms with Crippen LogP contribution in [0.15, 0.2) is 24.3 Å². The number of hydrogen-bond acceptors (Lipinski definition) is 1. The summed E-state index contributed by atoms with van der Waals surface area (Å²) >= 11 is 12.4. The van der Waals surface area contributed by atoms with Gasteiger partial charge in [-0.25, -0.2) is 0 Å². The molecule has 1 atom stereocenters. The van der Waals surface area contributed by atoms with E-state index >= 15 is 0 Å². The first-order valence-corrected chi connectivity index (χ1v) is 7.63. The second-order valence-electron chi connectivity index (χ2n) is 4.12. The summed E-state index contributed by atoms with van der Waals surface area (Å²) in [6.45, 7) is 0. The van der Waals surface area contributed by atoms with E-state index in [1.165, 1.54) is 5.56 Å². The van der Waals surface area contributed by atoms with Crippen LogP contribution in [0.3, 0.4) is 0 Å². The molecule has 2 aliphatic rings. The molecule has 1 aliphatic heterocycles. The molecule has 3 rings (SSSR count). The van der Waals surface area contributed by atoms with E-state index < -0.39 is 0 Å². The number of halogens is 3. The minimum atomic E-state index is -0.169. The Labute approximate surface area is 110 Å². The van der Waals surface area contributed by atoms with Crippen LogP contribution in [-0.4, -0.2) is 8.48 Å². The van der Waals surface area contributed by atoms with E-state index in [2.05, 4.69) is 6.07 Å². The molecule has 0 N–H and O–H groups in total. The van der Waals surface area contributed by atoms with Crippen LogP contribution in [0.2, 0.25) is 5.02 Å². The van der Waals surface area contributed by atoms with E-state index in [1.807, 2.05) is 18.2 Å². The van der Waals surface area contributed by atoms with Gasteiger partial charge in [0.25, 0.3) is 0 Å². The van der Waals surface area contributed by atoms with Gasteiger partial charge < -0.3 is 0 Å². The normalized spacial score (nSPS) is 31.9. The summed E-state index contributed by atoms with van der Waals surface area (Å²) in [4.78, 5) is -0.0561. The molecule has 0 amide bonds. The van der Waals surface area contributed by atoms with Gasteiger partial charge in [0.1, 0.15) is 0 Å². The van der Waals surface area contributed by atoms with Crippen molar-refractivity contribution in [1.82, 2.24) is 0 Å². The van der Waals surface area contributed by atoms with Gasteiger partial charge in [0.05, 0.1) is 0 Å². The van der Waals surface area contributed by atoms with Crippen molar-refractivity contribution in [2.75, 3.05) is 0 Å². The Bertz CT molecular complexity index is 399. The Morgan fingerprint density at radius 3 is 2.53 bits per heavy atom. The average Bonchev–Trinajstić information content (AvgIpc) is 3.08. The predicted molar refractivity (Wildman–Crippen MR) is 56.8 cm³/mol. The number of hydrogen-bond donors (Lipinski definition) is 0. The van der Waals surface area contributed by atoms with Crippen LogP contribution in [0.25, 0.3) is 0 Å². The first-order valence-electron chi connectivity index (χ1n) is 4.92. The maximum absolute atomic E-state index is 6.46. The van der Waals surface area contributed by atoms with Gasteiger partial charge in [0, 0.05) is 0 Å². The number of rotatable bonds is 3. The SMILES string of the molecule is Clc1ccccc1CC1(C2(Cl)CC2)O[I-]1. The molecule has 0 radical (unpaired) electrons. The molecular weight excluding hydrogens is 346 g/mol. The monoisotopic (exact) mass is 355 g/mol. The molecule has 0 spiro atoms. The number of benzene rings is 1. The van der Waals surface area contributed by atoms with Gasteiger partial charge in [0.2, 0.25) is 0 Å². The maximum atomic E-state index is 6.46. The summed E-state index contributed by atoms with van der Waals surface area (Å²) in [5.41, 5.74) is 1.17. The van der Waals surface area contributed by atoms with Crippen LogP contribution < -0.4 is 21.6 Å². The molecule has 2 fully saturated rings. The first kappa shape index (κ1) is 10.6. The number of alkyl halides is 2. The molecule has 82 valence electrons. The van der Waals surface area contributed by atoms with E-state index in [4.69, 9.17) is 26.3 Å². The van der Waals surface area contributed by atoms with E-state index in [0.29, 0.717) is 0 Å². The quantitative estimate of drug-likeness (QED) is 0.434. The van der Waals surface area contributed by atoms with Crippen LogP contribution in [0.5, 0.6) is 0 Å². The van der Waals surface area contributed by atoms with Gasteiger partial charge in [-0.3, -0.25) is 0 Å². The van der Waals surface area contributed by atoms with Gasteiger partial charge in [-0.2, -0.15) is 0 Å². The molecule has 4 heteroatoms. The van der Waals surface area contributed by atoms with Gasteiger partial charge in [0.15, 0.2) is 0 Å². The minimum absolute atomic E-state index is 0.0154. The molecule has 0 aromatic heterocycles. The Morgan fingerprint density at radius 1 is 1.33 bits per heavy atom. The van der Waals surface area contributed by atoms with Crippen LogP contribution >= 0.6 is 23.2 Å². The van der Waals surface area contributed by atoms with Gasteiger partial charge in [-0.15, -0.1) is 0 Å². The Morgan fingerprint density at radius 2 is 2.00 bits per heavy atom. The zero-order valence-corrected chi connectivity index (χ0v) is 11.6. The summed E-state index contributed by atoms with van der Waals surface area (Å²) in [6, 6.07) is 7.97. The molecule has 1 unspecified atom stereocenters. The average molecular weight is 356 g/mol. The van der Waals surface area contributed by atoms with Crippen molar-refractivity contribution in [2.45, 2.75) is 27.7 Å². The third kappa shape index (κ3) is 1.79. The van der Waals surface area contributed by atoms with Crippen LogP contribution in [-0.2, 0) is 9.49 Å². The summed E-state index contributed by atoms with van der Waals surface area (Å²) in [6.07, 6.45) is 3.08. The predicted octanol–water partition coefficient (Wildman–Crippen LogP) is 0.384. The van der Waals surface area contributed by atoms with Gasteiger partial charge >= 0.3 is 110 Å². The van der Waals surface area contributed by atoms with Crippen molar-refractivity contribution in [1.29, 1.82) is 0 Å². The van der Waals surface area contributed by atoms with Crippen molar-refractivity contribution >= 4 is 23.2 Å². The van der Waals surface area contributed by atoms with Crippen molar-refractivity contribution < 1.29 is 24.7 Å². The van der Waals surface area contributed by atoms with Crippen molar-refractivity contribution in [2.24, 2.45) is 0 Å². The van der Waals surface area contributed by atoms with E-state index in [1.54, 1.807) is 0 Å². The Kier molecular flexibility index (Phi) is 2.47. The van der Waals surface area contributed by atoms with E-state index in [-0.39, 0.29) is 30.1 Å². The standard InChI is InChI=1S/C11H10Cl2IO/c12-9-4-2-1-3-8(9)7-11(14-15-11)10(13)5-6-10/h1-4H,5-7H2/q-1. The Hall–Kier alpha value is 0.490. The summed E-state index contributed by atoms with van der Waals surface area (Å²) < 4.78 is 5.69. The molecule has 1 aliphatic carbocycles. The summed E-state index contributed by atoms with van der Waals surface area (Å²) in [7, 11) is 0. The van der Waals surface area contributed by atoms with Gasteiger partial charge in [-0.05, 0) is 0 Å². The zero-order valence-electron chi connectivity index (χ0n) is 7.97. The van der Waals surface area contributed by atoms with Crippen molar-refractivity contribution in [3.05, 3.63) is 34.9 Å². The van der Waals surface area contributed by atoms with Crippen molar-refractivity contribution in [3.63, 3.8) is 0 Å². The van der Waals surface area contributed by atoms with E-state index in [9.17, 15) is 0 Å². The first-order chi connectivity index (χ1) is 7.15. The third-order valence-electron chi connectivity index (χ3n) is 3.00. The molecule has 1 aromatic rings. The molecule has 1 heterocycles. The molecular formula is C11H10Cl2IO-. The molecule has 1 aromatic carbocycles. The van der Waals surface area contributed by atoms with Gasteiger partial charge in [-0.1, -0.05) is 0 Å². The van der Waals surface area contributed by atoms with Crippen molar-refractivity contribution in [3.8, 4) is 0 Å². The summed E-state index contributed by atoms with van der Waals surface area (Å²) in [5.74, 6) is 0. The van der Waals surface area contributed by atoms with E-state index in [0.717, 1.165) is 24.3 Å². The fourth-order valence-corrected chi connectivity index (χ4v) is 4.84. The van der Waals surface area contributed by atoms with Crippen LogP contribution in [0.1, 0.15) is 18.4 Å². The molecule has 15 heavy (non-hydrogen) atoms. The van der Waals surface area contributed by atoms with Crippen LogP contribution in [0.4, 0.5) is 0 Å². The molecule has 0 bridgehead atoms. The third-order valence-corrected chi connectivity index (χ3v) is 7.29. The molecule has 1 saturated carbocycles. The topological polar surface area (TPSA) is 12.5 Å². The molecule has 1 saturated heterocycles. The summed E-state index contributed by atoms with van der Waals surface area (Å²) in [5, 5.41) is 0.831. The fourth-order valence-electron chi connectivity index (χ4n) is 1.77. The second kappa shape index (κ2) is 3.49. The molecule has 1 nitrogen and oxygen atoms in total. The zero-order chi connectivity index (χ0) is 10.5.